The fourth-order valence-corrected chi connectivity index (χ4v) is 7.29. The lowest BCUT2D eigenvalue weighted by Crippen LogP contribution is -2.40. The van der Waals surface area contributed by atoms with E-state index in [1.54, 1.807) is 24.5 Å². The summed E-state index contributed by atoms with van der Waals surface area (Å²) in [6, 6.07) is 11.0. The van der Waals surface area contributed by atoms with Gasteiger partial charge < -0.3 is 9.47 Å². The van der Waals surface area contributed by atoms with E-state index in [4.69, 9.17) is 9.47 Å². The van der Waals surface area contributed by atoms with E-state index in [0.29, 0.717) is 37.8 Å². The van der Waals surface area contributed by atoms with Gasteiger partial charge in [-0.3, -0.25) is 14.2 Å². The smallest absolute Gasteiger partial charge is 0.338 e. The van der Waals surface area contributed by atoms with Crippen molar-refractivity contribution in [2.75, 3.05) is 6.61 Å². The van der Waals surface area contributed by atoms with Crippen LogP contribution in [-0.4, -0.2) is 23.1 Å². The van der Waals surface area contributed by atoms with Crippen LogP contribution in [0.15, 0.2) is 57.5 Å². The zero-order valence-corrected chi connectivity index (χ0v) is 26.6. The maximum absolute atomic E-state index is 13.9. The van der Waals surface area contributed by atoms with Crippen molar-refractivity contribution in [2.24, 2.45) is 4.99 Å². The van der Waals surface area contributed by atoms with Crippen molar-refractivity contribution in [3.63, 3.8) is 0 Å². The Morgan fingerprint density at radius 2 is 1.87 bits per heavy atom. The van der Waals surface area contributed by atoms with Gasteiger partial charge >= 0.3 is 11.9 Å². The number of rotatable bonds is 6. The zero-order chi connectivity index (χ0) is 27.7. The number of thiazole rings is 1. The molecule has 3 aromatic rings. The van der Waals surface area contributed by atoms with Gasteiger partial charge in [0.15, 0.2) is 10.6 Å². The first-order valence-electron chi connectivity index (χ1n) is 12.0. The summed E-state index contributed by atoms with van der Waals surface area (Å²) < 4.78 is 14.5. The number of aromatic nitrogens is 1. The molecule has 38 heavy (non-hydrogen) atoms. The Balaban J connectivity index is 1.97. The van der Waals surface area contributed by atoms with Crippen molar-refractivity contribution in [3.8, 4) is 5.75 Å². The average molecular weight is 756 g/mol. The maximum atomic E-state index is 13.9. The molecule has 1 atom stereocenters. The summed E-state index contributed by atoms with van der Waals surface area (Å²) in [7, 11) is 0. The molecule has 0 spiro atoms. The van der Waals surface area contributed by atoms with Crippen LogP contribution in [0.2, 0.25) is 0 Å². The number of nitrogens with zero attached hydrogens (tertiary/aromatic N) is 2. The molecule has 0 bridgehead atoms. The van der Waals surface area contributed by atoms with E-state index in [1.807, 2.05) is 36.4 Å². The Bertz CT molecular complexity index is 1630. The van der Waals surface area contributed by atoms with Crippen LogP contribution in [-0.2, 0) is 14.3 Å². The molecule has 0 aliphatic carbocycles. The van der Waals surface area contributed by atoms with Crippen molar-refractivity contribution >= 4 is 74.5 Å². The van der Waals surface area contributed by atoms with Crippen LogP contribution in [0.3, 0.4) is 0 Å². The van der Waals surface area contributed by atoms with E-state index in [0.717, 1.165) is 18.3 Å². The van der Waals surface area contributed by atoms with Crippen LogP contribution < -0.4 is 19.6 Å². The highest BCUT2D eigenvalue weighted by atomic mass is 127. The first-order chi connectivity index (χ1) is 18.0. The number of benzene rings is 2. The molecule has 1 aromatic heterocycles. The highest BCUT2D eigenvalue weighted by molar-refractivity contribution is 14.1. The monoisotopic (exact) mass is 756 g/mol. The number of halogens is 2. The summed E-state index contributed by atoms with van der Waals surface area (Å²) in [6.07, 6.45) is 1.72. The largest absolute Gasteiger partial charge is 0.463 e. The third kappa shape index (κ3) is 5.81. The SMILES string of the molecule is CCOC(=O)C1=C(C)N=c2s/c(=C\c3cc(I)cc(I)c3OC(C)=O)c(=O)n2C1c1ccc(C(C)C)cc1. The maximum Gasteiger partial charge on any atom is 0.338 e. The summed E-state index contributed by atoms with van der Waals surface area (Å²) in [5, 5.41) is 0. The minimum atomic E-state index is -0.683. The molecule has 0 radical (unpaired) electrons. The van der Waals surface area contributed by atoms with Crippen LogP contribution in [0.1, 0.15) is 63.3 Å². The fraction of sp³-hybridized carbons (Fsp3) is 0.286. The van der Waals surface area contributed by atoms with Crippen LogP contribution in [0, 0.1) is 7.14 Å². The zero-order valence-electron chi connectivity index (χ0n) is 21.5. The van der Waals surface area contributed by atoms with Crippen LogP contribution in [0.5, 0.6) is 5.75 Å². The van der Waals surface area contributed by atoms with Gasteiger partial charge in [0.2, 0.25) is 0 Å². The van der Waals surface area contributed by atoms with E-state index in [2.05, 4.69) is 64.0 Å². The lowest BCUT2D eigenvalue weighted by molar-refractivity contribution is -0.139. The summed E-state index contributed by atoms with van der Waals surface area (Å²) in [6.45, 7) is 9.29. The third-order valence-electron chi connectivity index (χ3n) is 6.01. The predicted octanol–water partition coefficient (Wildman–Crippen LogP) is 5.06. The number of allylic oxidation sites excluding steroid dienone is 1. The molecule has 0 saturated carbocycles. The highest BCUT2D eigenvalue weighted by Crippen LogP contribution is 2.32. The van der Waals surface area contributed by atoms with Crippen LogP contribution >= 0.6 is 56.5 Å². The van der Waals surface area contributed by atoms with Crippen molar-refractivity contribution in [3.05, 3.63) is 91.2 Å². The van der Waals surface area contributed by atoms with Gasteiger partial charge in [0.05, 0.1) is 32.0 Å². The second-order valence-corrected chi connectivity index (χ2v) is 12.4. The molecule has 7 nitrogen and oxygen atoms in total. The van der Waals surface area contributed by atoms with E-state index in [9.17, 15) is 14.4 Å². The molecule has 0 fully saturated rings. The number of carbonyl (C=O) groups excluding carboxylic acids is 2. The number of ether oxygens (including phenoxy) is 2. The minimum Gasteiger partial charge on any atom is -0.463 e. The van der Waals surface area contributed by atoms with Crippen LogP contribution in [0.4, 0.5) is 0 Å². The fourth-order valence-electron chi connectivity index (χ4n) is 4.25. The Kier molecular flexibility index (Phi) is 8.92. The number of hydrogen-bond acceptors (Lipinski definition) is 7. The van der Waals surface area contributed by atoms with E-state index >= 15 is 0 Å². The molecule has 0 N–H and O–H groups in total. The lowest BCUT2D eigenvalue weighted by atomic mass is 9.93. The van der Waals surface area contributed by atoms with Crippen molar-refractivity contribution < 1.29 is 19.1 Å². The summed E-state index contributed by atoms with van der Waals surface area (Å²) >= 11 is 5.53. The number of hydrogen-bond donors (Lipinski definition) is 0. The Morgan fingerprint density at radius 3 is 2.47 bits per heavy atom. The molecule has 2 heterocycles. The van der Waals surface area contributed by atoms with E-state index in [1.165, 1.54) is 18.3 Å². The molecule has 1 aliphatic rings. The number of carbonyl (C=O) groups is 2. The van der Waals surface area contributed by atoms with Crippen molar-refractivity contribution in [1.82, 2.24) is 4.57 Å². The molecule has 4 rings (SSSR count). The van der Waals surface area contributed by atoms with Gasteiger partial charge in [0.1, 0.15) is 0 Å². The van der Waals surface area contributed by atoms with Crippen molar-refractivity contribution in [2.45, 2.75) is 46.6 Å². The Morgan fingerprint density at radius 1 is 1.18 bits per heavy atom. The van der Waals surface area contributed by atoms with Gasteiger partial charge in [-0.25, -0.2) is 9.79 Å². The van der Waals surface area contributed by atoms with Gasteiger partial charge in [0, 0.05) is 16.1 Å². The second kappa shape index (κ2) is 11.8. The molecule has 2 aromatic carbocycles. The van der Waals surface area contributed by atoms with E-state index < -0.39 is 18.0 Å². The van der Waals surface area contributed by atoms with Gasteiger partial charge in [-0.1, -0.05) is 49.4 Å². The molecule has 0 amide bonds. The molecular formula is C28H26I2N2O5S. The third-order valence-corrected chi connectivity index (χ3v) is 8.41. The molecule has 198 valence electrons. The molecular weight excluding hydrogens is 730 g/mol. The first kappa shape index (κ1) is 28.7. The lowest BCUT2D eigenvalue weighted by Gasteiger charge is -2.25. The Hall–Kier alpha value is -2.32. The summed E-state index contributed by atoms with van der Waals surface area (Å²) in [5.74, 6) is -0.200. The average Bonchev–Trinajstić information content (AvgIpc) is 3.14. The molecule has 10 heteroatoms. The van der Waals surface area contributed by atoms with Crippen molar-refractivity contribution in [1.29, 1.82) is 0 Å². The van der Waals surface area contributed by atoms with Crippen LogP contribution in [0.25, 0.3) is 6.08 Å². The minimum absolute atomic E-state index is 0.212. The van der Waals surface area contributed by atoms with Gasteiger partial charge in [0.25, 0.3) is 5.56 Å². The van der Waals surface area contributed by atoms with Gasteiger partial charge in [-0.05, 0) is 94.3 Å². The number of esters is 2. The number of fused-ring (bicyclic) bond motifs is 1. The normalized spacial score (nSPS) is 15.4. The molecule has 0 saturated heterocycles. The second-order valence-electron chi connectivity index (χ2n) is 9.02. The van der Waals surface area contributed by atoms with Gasteiger partial charge in [-0.2, -0.15) is 0 Å². The highest BCUT2D eigenvalue weighted by Gasteiger charge is 2.33. The standard InChI is InChI=1S/C28H26I2N2O5S/c1-6-36-27(35)23-15(4)31-28-32(24(23)18-9-7-17(8-10-18)14(2)3)26(34)22(38-28)12-19-11-20(29)13-21(30)25(19)37-16(5)33/h7-14,24H,6H2,1-5H3/b22-12-. The molecule has 1 aliphatic heterocycles. The topological polar surface area (TPSA) is 87.0 Å². The summed E-state index contributed by atoms with van der Waals surface area (Å²) in [5.41, 5.74) is 3.13. The quantitative estimate of drug-likeness (QED) is 0.200. The molecule has 1 unspecified atom stereocenters. The predicted molar refractivity (Wildman–Crippen MR) is 164 cm³/mol. The summed E-state index contributed by atoms with van der Waals surface area (Å²) in [4.78, 5) is 43.9. The first-order valence-corrected chi connectivity index (χ1v) is 15.0. The van der Waals surface area contributed by atoms with E-state index in [-0.39, 0.29) is 12.2 Å². The Labute approximate surface area is 251 Å². The van der Waals surface area contributed by atoms with Gasteiger partial charge in [-0.15, -0.1) is 0 Å².